The summed E-state index contributed by atoms with van der Waals surface area (Å²) in [5, 5.41) is 19.6. The van der Waals surface area contributed by atoms with E-state index in [4.69, 9.17) is 9.84 Å². The van der Waals surface area contributed by atoms with Crippen molar-refractivity contribution in [3.8, 4) is 0 Å². The van der Waals surface area contributed by atoms with Crippen LogP contribution in [0.3, 0.4) is 0 Å². The number of nitro groups is 1. The number of amides is 2. The van der Waals surface area contributed by atoms with Gasteiger partial charge in [-0.15, -0.1) is 11.8 Å². The summed E-state index contributed by atoms with van der Waals surface area (Å²) < 4.78 is 5.09. The van der Waals surface area contributed by atoms with E-state index in [1.165, 1.54) is 18.2 Å². The van der Waals surface area contributed by atoms with E-state index in [0.717, 1.165) is 16.7 Å². The minimum atomic E-state index is -0.677. The second kappa shape index (κ2) is 10.4. The van der Waals surface area contributed by atoms with Gasteiger partial charge in [0.25, 0.3) is 16.8 Å². The van der Waals surface area contributed by atoms with Gasteiger partial charge in [-0.05, 0) is 42.8 Å². The van der Waals surface area contributed by atoms with Crippen LogP contribution in [-0.4, -0.2) is 57.1 Å². The fourth-order valence-corrected chi connectivity index (χ4v) is 3.90. The van der Waals surface area contributed by atoms with Crippen molar-refractivity contribution in [3.05, 3.63) is 38.8 Å². The topological polar surface area (TPSA) is 127 Å². The summed E-state index contributed by atoms with van der Waals surface area (Å²) in [4.78, 5) is 48.5. The van der Waals surface area contributed by atoms with Crippen LogP contribution < -0.4 is 0 Å². The molecule has 1 N–H and O–H groups in total. The van der Waals surface area contributed by atoms with Gasteiger partial charge in [0, 0.05) is 11.8 Å². The number of carbonyl (C=O) groups excluding carboxylic acids is 3. The van der Waals surface area contributed by atoms with E-state index in [0.29, 0.717) is 34.4 Å². The molecule has 1 aromatic rings. The number of nitrogens with zero attached hydrogens (tertiary/aromatic N) is 2. The second-order valence-corrected chi connectivity index (χ2v) is 8.16. The number of esters is 1. The van der Waals surface area contributed by atoms with Gasteiger partial charge >= 0.3 is 5.97 Å². The molecule has 1 aliphatic rings. The molecule has 2 amide bonds. The van der Waals surface area contributed by atoms with Gasteiger partial charge in [-0.3, -0.25) is 29.4 Å². The molecule has 0 saturated carbocycles. The van der Waals surface area contributed by atoms with Crippen LogP contribution in [-0.2, 0) is 14.3 Å². The number of nitro benzene ring substituents is 1. The summed E-state index contributed by atoms with van der Waals surface area (Å²) in [7, 11) is 0. The van der Waals surface area contributed by atoms with E-state index < -0.39 is 28.6 Å². The first-order chi connectivity index (χ1) is 13.8. The van der Waals surface area contributed by atoms with Gasteiger partial charge < -0.3 is 9.84 Å². The van der Waals surface area contributed by atoms with Crippen molar-refractivity contribution in [2.45, 2.75) is 31.3 Å². The smallest absolute Gasteiger partial charge is 0.326 e. The zero-order valence-electron chi connectivity index (χ0n) is 15.8. The molecule has 29 heavy (non-hydrogen) atoms. The van der Waals surface area contributed by atoms with Crippen molar-refractivity contribution < 1.29 is 29.2 Å². The third-order valence-electron chi connectivity index (χ3n) is 3.89. The van der Waals surface area contributed by atoms with Gasteiger partial charge in [0.2, 0.25) is 0 Å². The second-order valence-electron chi connectivity index (χ2n) is 6.03. The lowest BCUT2D eigenvalue weighted by Crippen LogP contribution is -2.35. The first kappa shape index (κ1) is 22.9. The normalized spacial score (nSPS) is 16.4. The lowest BCUT2D eigenvalue weighted by atomic mass is 10.2. The molecule has 1 unspecified atom stereocenters. The zero-order valence-corrected chi connectivity index (χ0v) is 17.5. The number of aliphatic hydroxyl groups excluding tert-OH is 1. The molecule has 1 fully saturated rings. The van der Waals surface area contributed by atoms with Crippen LogP contribution in [0.25, 0.3) is 6.08 Å². The summed E-state index contributed by atoms with van der Waals surface area (Å²) in [6.45, 7) is 2.95. The fourth-order valence-electron chi connectivity index (χ4n) is 2.31. The van der Waals surface area contributed by atoms with Crippen molar-refractivity contribution in [1.82, 2.24) is 4.90 Å². The van der Waals surface area contributed by atoms with Gasteiger partial charge in [-0.1, -0.05) is 13.0 Å². The van der Waals surface area contributed by atoms with Crippen LogP contribution in [0.2, 0.25) is 0 Å². The Morgan fingerprint density at radius 1 is 1.45 bits per heavy atom. The summed E-state index contributed by atoms with van der Waals surface area (Å²) in [5.74, 6) is -1.02. The Hall–Kier alpha value is -2.37. The Bertz CT molecular complexity index is 857. The molecule has 2 rings (SSSR count). The van der Waals surface area contributed by atoms with Crippen molar-refractivity contribution in [3.63, 3.8) is 0 Å². The number of hydrogen-bond donors (Lipinski definition) is 1. The highest BCUT2D eigenvalue weighted by Crippen LogP contribution is 2.34. The van der Waals surface area contributed by atoms with E-state index in [1.807, 2.05) is 6.92 Å². The van der Waals surface area contributed by atoms with Gasteiger partial charge in [-0.2, -0.15) is 0 Å². The standard InChI is InChI=1S/C18H20N2O7S2/c1-3-11(2)27-16(22)10-19-17(23)15(29-18(19)24)9-12-4-5-14(28-7-6-21)13(8-12)20(25)26/h4-5,8-9,11,21H,3,6-7,10H2,1-2H3/b15-9-. The Morgan fingerprint density at radius 3 is 2.79 bits per heavy atom. The molecular formula is C18H20N2O7S2. The number of imide groups is 1. The monoisotopic (exact) mass is 440 g/mol. The van der Waals surface area contributed by atoms with E-state index in [-0.39, 0.29) is 23.3 Å². The number of carbonyl (C=O) groups is 3. The molecule has 11 heteroatoms. The molecule has 0 aromatic heterocycles. The molecule has 1 saturated heterocycles. The third-order valence-corrected chi connectivity index (χ3v) is 5.84. The summed E-state index contributed by atoms with van der Waals surface area (Å²) >= 11 is 1.80. The molecule has 0 bridgehead atoms. The van der Waals surface area contributed by atoms with Gasteiger partial charge in [-0.25, -0.2) is 0 Å². The zero-order chi connectivity index (χ0) is 21.6. The van der Waals surface area contributed by atoms with Crippen LogP contribution in [0.5, 0.6) is 0 Å². The Balaban J connectivity index is 2.19. The molecule has 1 heterocycles. The molecule has 0 radical (unpaired) electrons. The molecule has 9 nitrogen and oxygen atoms in total. The molecule has 0 aliphatic carbocycles. The van der Waals surface area contributed by atoms with Crippen molar-refractivity contribution in [1.29, 1.82) is 0 Å². The van der Waals surface area contributed by atoms with Crippen LogP contribution in [0, 0.1) is 10.1 Å². The van der Waals surface area contributed by atoms with Crippen LogP contribution in [0.4, 0.5) is 10.5 Å². The van der Waals surface area contributed by atoms with Gasteiger partial charge in [0.15, 0.2) is 0 Å². The number of benzene rings is 1. The minimum Gasteiger partial charge on any atom is -0.461 e. The molecule has 1 atom stereocenters. The summed E-state index contributed by atoms with van der Waals surface area (Å²) in [6, 6.07) is 4.40. The Kier molecular flexibility index (Phi) is 8.23. The Morgan fingerprint density at radius 2 is 2.17 bits per heavy atom. The number of ether oxygens (including phenoxy) is 1. The highest BCUT2D eigenvalue weighted by atomic mass is 32.2. The fraction of sp³-hybridized carbons (Fsp3) is 0.389. The molecule has 1 aromatic carbocycles. The van der Waals surface area contributed by atoms with Gasteiger partial charge in [0.05, 0.1) is 27.4 Å². The maximum absolute atomic E-state index is 12.5. The predicted molar refractivity (Wildman–Crippen MR) is 109 cm³/mol. The first-order valence-electron chi connectivity index (χ1n) is 8.73. The van der Waals surface area contributed by atoms with Crippen molar-refractivity contribution in [2.24, 2.45) is 0 Å². The highest BCUT2D eigenvalue weighted by Gasteiger charge is 2.37. The first-order valence-corrected chi connectivity index (χ1v) is 10.5. The minimum absolute atomic E-state index is 0.0661. The predicted octanol–water partition coefficient (Wildman–Crippen LogP) is 3.06. The maximum atomic E-state index is 12.5. The number of rotatable bonds is 9. The molecular weight excluding hydrogens is 420 g/mol. The van der Waals surface area contributed by atoms with Crippen LogP contribution in [0.1, 0.15) is 25.8 Å². The van der Waals surface area contributed by atoms with Crippen LogP contribution >= 0.6 is 23.5 Å². The van der Waals surface area contributed by atoms with Gasteiger partial charge in [0.1, 0.15) is 6.54 Å². The van der Waals surface area contributed by atoms with E-state index in [2.05, 4.69) is 0 Å². The average Bonchev–Trinajstić information content (AvgIpc) is 2.93. The lowest BCUT2D eigenvalue weighted by Gasteiger charge is -2.14. The van der Waals surface area contributed by atoms with E-state index in [1.54, 1.807) is 13.0 Å². The number of hydrogen-bond acceptors (Lipinski definition) is 9. The van der Waals surface area contributed by atoms with E-state index in [9.17, 15) is 24.5 Å². The lowest BCUT2D eigenvalue weighted by molar-refractivity contribution is -0.387. The summed E-state index contributed by atoms with van der Waals surface area (Å²) in [5.41, 5.74) is 0.214. The SMILES string of the molecule is CCC(C)OC(=O)CN1C(=O)S/C(=C\c2ccc(SCCO)c([N+](=O)[O-])c2)C1=O. The van der Waals surface area contributed by atoms with Crippen molar-refractivity contribution in [2.75, 3.05) is 18.9 Å². The third kappa shape index (κ3) is 6.05. The van der Waals surface area contributed by atoms with Crippen LogP contribution in [0.15, 0.2) is 28.0 Å². The number of aliphatic hydroxyl groups is 1. The molecule has 1 aliphatic heterocycles. The number of thioether (sulfide) groups is 2. The van der Waals surface area contributed by atoms with E-state index >= 15 is 0 Å². The Labute approximate surface area is 175 Å². The molecule has 0 spiro atoms. The highest BCUT2D eigenvalue weighted by molar-refractivity contribution is 8.18. The maximum Gasteiger partial charge on any atom is 0.326 e. The molecule has 156 valence electrons. The quantitative estimate of drug-likeness (QED) is 0.203. The largest absolute Gasteiger partial charge is 0.461 e. The summed E-state index contributed by atoms with van der Waals surface area (Å²) in [6.07, 6.45) is 1.66. The van der Waals surface area contributed by atoms with Crippen molar-refractivity contribution >= 4 is 52.4 Å². The average molecular weight is 440 g/mol.